The number of aryl methyl sites for hydroxylation is 1. The van der Waals surface area contributed by atoms with Crippen molar-refractivity contribution in [2.24, 2.45) is 0 Å². The molecule has 100 valence electrons. The molecule has 0 aliphatic rings. The zero-order valence-electron chi connectivity index (χ0n) is 11.1. The Morgan fingerprint density at radius 2 is 2.00 bits per heavy atom. The van der Waals surface area contributed by atoms with Crippen LogP contribution < -0.4 is 5.32 Å². The maximum Gasteiger partial charge on any atom is 0.0435 e. The van der Waals surface area contributed by atoms with E-state index >= 15 is 0 Å². The highest BCUT2D eigenvalue weighted by atomic mass is 79.9. The van der Waals surface area contributed by atoms with E-state index in [0.717, 1.165) is 21.5 Å². The van der Waals surface area contributed by atoms with Gasteiger partial charge in [0.05, 0.1) is 0 Å². The summed E-state index contributed by atoms with van der Waals surface area (Å²) in [7, 11) is 1.99. The average Bonchev–Trinajstić information content (AvgIpc) is 2.39. The molecular weight excluding hydrogens is 322 g/mol. The maximum absolute atomic E-state index is 6.08. The van der Waals surface area contributed by atoms with E-state index in [1.807, 2.05) is 26.1 Å². The summed E-state index contributed by atoms with van der Waals surface area (Å²) in [5, 5.41) is 4.20. The highest BCUT2D eigenvalue weighted by molar-refractivity contribution is 9.10. The lowest BCUT2D eigenvalue weighted by molar-refractivity contribution is 0.591. The molecule has 3 heteroatoms. The van der Waals surface area contributed by atoms with Crippen molar-refractivity contribution in [2.45, 2.75) is 19.4 Å². The third-order valence-electron chi connectivity index (χ3n) is 3.26. The minimum absolute atomic E-state index is 0.297. The van der Waals surface area contributed by atoms with Crippen LogP contribution >= 0.6 is 27.5 Å². The topological polar surface area (TPSA) is 12.0 Å². The molecule has 2 aromatic carbocycles. The summed E-state index contributed by atoms with van der Waals surface area (Å²) in [6.45, 7) is 2.04. The van der Waals surface area contributed by atoms with Crippen molar-refractivity contribution in [2.75, 3.05) is 7.05 Å². The molecule has 1 unspecified atom stereocenters. The van der Waals surface area contributed by atoms with Gasteiger partial charge >= 0.3 is 0 Å². The molecule has 2 rings (SSSR count). The lowest BCUT2D eigenvalue weighted by Gasteiger charge is -2.18. The number of hydrogen-bond acceptors (Lipinski definition) is 1. The Morgan fingerprint density at radius 1 is 1.21 bits per heavy atom. The van der Waals surface area contributed by atoms with Gasteiger partial charge in [-0.3, -0.25) is 0 Å². The van der Waals surface area contributed by atoms with Crippen molar-refractivity contribution in [3.8, 4) is 0 Å². The largest absolute Gasteiger partial charge is 0.313 e. The normalized spacial score (nSPS) is 12.4. The molecule has 0 aliphatic carbocycles. The zero-order chi connectivity index (χ0) is 13.8. The van der Waals surface area contributed by atoms with Crippen LogP contribution in [-0.4, -0.2) is 7.05 Å². The maximum atomic E-state index is 6.08. The fourth-order valence-corrected chi connectivity index (χ4v) is 2.74. The fraction of sp³-hybridized carbons (Fsp3) is 0.250. The van der Waals surface area contributed by atoms with E-state index < -0.39 is 0 Å². The van der Waals surface area contributed by atoms with Gasteiger partial charge < -0.3 is 5.32 Å². The van der Waals surface area contributed by atoms with Crippen LogP contribution in [0.25, 0.3) is 0 Å². The number of benzene rings is 2. The first-order valence-electron chi connectivity index (χ1n) is 6.28. The third-order valence-corrected chi connectivity index (χ3v) is 4.18. The van der Waals surface area contributed by atoms with E-state index in [1.54, 1.807) is 0 Å². The van der Waals surface area contributed by atoms with Gasteiger partial charge in [-0.25, -0.2) is 0 Å². The Hall–Kier alpha value is -0.830. The number of likely N-dealkylation sites (N-methyl/N-ethyl adjacent to an activating group) is 1. The van der Waals surface area contributed by atoms with Gasteiger partial charge in [0.1, 0.15) is 0 Å². The molecule has 0 radical (unpaired) electrons. The van der Waals surface area contributed by atoms with Crippen molar-refractivity contribution in [1.82, 2.24) is 5.32 Å². The van der Waals surface area contributed by atoms with Crippen molar-refractivity contribution in [3.63, 3.8) is 0 Å². The van der Waals surface area contributed by atoms with E-state index in [9.17, 15) is 0 Å². The lowest BCUT2D eigenvalue weighted by Crippen LogP contribution is -2.19. The van der Waals surface area contributed by atoms with Crippen molar-refractivity contribution >= 4 is 27.5 Å². The van der Waals surface area contributed by atoms with E-state index in [2.05, 4.69) is 51.6 Å². The highest BCUT2D eigenvalue weighted by Crippen LogP contribution is 2.24. The van der Waals surface area contributed by atoms with Gasteiger partial charge in [-0.2, -0.15) is 0 Å². The molecule has 0 saturated heterocycles. The van der Waals surface area contributed by atoms with Crippen LogP contribution in [-0.2, 0) is 6.42 Å². The Balaban J connectivity index is 2.22. The molecule has 1 N–H and O–H groups in total. The quantitative estimate of drug-likeness (QED) is 0.835. The molecule has 0 aliphatic heterocycles. The molecule has 0 saturated carbocycles. The van der Waals surface area contributed by atoms with Crippen LogP contribution in [0.1, 0.15) is 22.7 Å². The van der Waals surface area contributed by atoms with Gasteiger partial charge in [-0.05, 0) is 55.3 Å². The van der Waals surface area contributed by atoms with E-state index in [4.69, 9.17) is 11.6 Å². The summed E-state index contributed by atoms with van der Waals surface area (Å²) >= 11 is 9.60. The van der Waals surface area contributed by atoms with Crippen LogP contribution in [0.15, 0.2) is 46.9 Å². The van der Waals surface area contributed by atoms with Crippen LogP contribution in [0.4, 0.5) is 0 Å². The summed E-state index contributed by atoms with van der Waals surface area (Å²) in [5.41, 5.74) is 3.69. The summed E-state index contributed by atoms with van der Waals surface area (Å²) in [6, 6.07) is 14.9. The van der Waals surface area contributed by atoms with Gasteiger partial charge in [0.2, 0.25) is 0 Å². The molecule has 0 spiro atoms. The first-order chi connectivity index (χ1) is 9.10. The van der Waals surface area contributed by atoms with E-state index in [-0.39, 0.29) is 0 Å². The fourth-order valence-electron chi connectivity index (χ4n) is 2.17. The highest BCUT2D eigenvalue weighted by Gasteiger charge is 2.11. The Kier molecular flexibility index (Phi) is 5.03. The second kappa shape index (κ2) is 6.56. The van der Waals surface area contributed by atoms with Crippen molar-refractivity contribution in [3.05, 3.63) is 68.7 Å². The average molecular weight is 339 g/mol. The summed E-state index contributed by atoms with van der Waals surface area (Å²) in [6.07, 6.45) is 0.955. The molecule has 0 heterocycles. The van der Waals surface area contributed by atoms with Gasteiger partial charge in [-0.1, -0.05) is 51.8 Å². The van der Waals surface area contributed by atoms with Crippen LogP contribution in [0.3, 0.4) is 0 Å². The minimum Gasteiger partial charge on any atom is -0.313 e. The summed E-state index contributed by atoms with van der Waals surface area (Å²) in [5.74, 6) is 0. The summed E-state index contributed by atoms with van der Waals surface area (Å²) in [4.78, 5) is 0. The zero-order valence-corrected chi connectivity index (χ0v) is 13.4. The predicted octanol–water partition coefficient (Wildman–Crippen LogP) is 4.91. The molecule has 1 nitrogen and oxygen atoms in total. The molecule has 0 fully saturated rings. The van der Waals surface area contributed by atoms with Crippen LogP contribution in [0.2, 0.25) is 5.02 Å². The van der Waals surface area contributed by atoms with Gasteiger partial charge in [0.15, 0.2) is 0 Å². The second-order valence-corrected chi connectivity index (χ2v) is 6.01. The Morgan fingerprint density at radius 3 is 2.63 bits per heavy atom. The van der Waals surface area contributed by atoms with Gasteiger partial charge in [0.25, 0.3) is 0 Å². The molecule has 19 heavy (non-hydrogen) atoms. The Labute approximate surface area is 128 Å². The first kappa shape index (κ1) is 14.6. The minimum atomic E-state index is 0.297. The molecular formula is C16H17BrClN. The third kappa shape index (κ3) is 3.82. The SMILES string of the molecule is CNC(Cc1cccc(Br)c1)c1ccc(Cl)c(C)c1. The monoisotopic (exact) mass is 337 g/mol. The number of halogens is 2. The smallest absolute Gasteiger partial charge is 0.0435 e. The molecule has 1 atom stereocenters. The molecule has 0 bridgehead atoms. The van der Waals surface area contributed by atoms with Gasteiger partial charge in [0, 0.05) is 15.5 Å². The number of hydrogen-bond donors (Lipinski definition) is 1. The molecule has 2 aromatic rings. The van der Waals surface area contributed by atoms with Crippen molar-refractivity contribution in [1.29, 1.82) is 0 Å². The summed E-state index contributed by atoms with van der Waals surface area (Å²) < 4.78 is 1.12. The number of rotatable bonds is 4. The molecule has 0 aromatic heterocycles. The van der Waals surface area contributed by atoms with E-state index in [0.29, 0.717) is 6.04 Å². The van der Waals surface area contributed by atoms with Gasteiger partial charge in [-0.15, -0.1) is 0 Å². The molecule has 0 amide bonds. The van der Waals surface area contributed by atoms with Crippen LogP contribution in [0.5, 0.6) is 0 Å². The predicted molar refractivity (Wildman–Crippen MR) is 85.8 cm³/mol. The van der Waals surface area contributed by atoms with E-state index in [1.165, 1.54) is 11.1 Å². The lowest BCUT2D eigenvalue weighted by atomic mass is 9.98. The second-order valence-electron chi connectivity index (χ2n) is 4.68. The first-order valence-corrected chi connectivity index (χ1v) is 7.45. The standard InChI is InChI=1S/C16H17BrClN/c1-11-8-13(6-7-15(11)18)16(19-2)10-12-4-3-5-14(17)9-12/h3-9,16,19H,10H2,1-2H3. The Bertz CT molecular complexity index is 568. The number of nitrogens with one attached hydrogen (secondary N) is 1. The van der Waals surface area contributed by atoms with Crippen molar-refractivity contribution < 1.29 is 0 Å². The van der Waals surface area contributed by atoms with Crippen LogP contribution in [0, 0.1) is 6.92 Å².